The van der Waals surface area contributed by atoms with Gasteiger partial charge in [-0.1, -0.05) is 43.2 Å². The number of aromatic nitrogens is 6. The van der Waals surface area contributed by atoms with Crippen molar-refractivity contribution in [2.24, 2.45) is 7.05 Å². The molecule has 2 aromatic heterocycles. The molecule has 4 amide bonds. The minimum Gasteiger partial charge on any atom is -0.543 e. The molecule has 258 valence electrons. The quantitative estimate of drug-likeness (QED) is 0.0646. The van der Waals surface area contributed by atoms with Crippen molar-refractivity contribution in [2.45, 2.75) is 60.8 Å². The van der Waals surface area contributed by atoms with Crippen molar-refractivity contribution >= 4 is 59.0 Å². The van der Waals surface area contributed by atoms with Crippen molar-refractivity contribution in [3.05, 3.63) is 57.6 Å². The summed E-state index contributed by atoms with van der Waals surface area (Å²) in [5, 5.41) is 43.6. The van der Waals surface area contributed by atoms with Crippen molar-refractivity contribution in [3.8, 4) is 5.75 Å². The Balaban J connectivity index is 0.00000486. The second kappa shape index (κ2) is 16.3. The second-order valence-electron chi connectivity index (χ2n) is 11.6. The maximum atomic E-state index is 13.6. The monoisotopic (exact) mass is 733 g/mol. The summed E-state index contributed by atoms with van der Waals surface area (Å²) in [4.78, 5) is 72.8. The second-order valence-corrected chi connectivity index (χ2v) is 13.6. The summed E-state index contributed by atoms with van der Waals surface area (Å²) in [6, 6.07) is 2.27. The molecule has 3 aromatic rings. The molecule has 2 aliphatic heterocycles. The van der Waals surface area contributed by atoms with Crippen LogP contribution >= 0.6 is 23.5 Å². The number of carboxylic acids is 1. The molecule has 1 saturated carbocycles. The maximum absolute atomic E-state index is 13.6. The summed E-state index contributed by atoms with van der Waals surface area (Å²) in [6.07, 6.45) is 6.49. The fourth-order valence-corrected chi connectivity index (χ4v) is 8.10. The Morgan fingerprint density at radius 1 is 1.16 bits per heavy atom. The summed E-state index contributed by atoms with van der Waals surface area (Å²) < 4.78 is 1.43. The minimum absolute atomic E-state index is 0. The van der Waals surface area contributed by atoms with Gasteiger partial charge in [-0.3, -0.25) is 24.3 Å². The number of phenols is 1. The summed E-state index contributed by atoms with van der Waals surface area (Å²) in [6.45, 7) is 0. The fourth-order valence-electron chi connectivity index (χ4n) is 5.77. The largest absolute Gasteiger partial charge is 1.00 e. The molecule has 21 heteroatoms. The minimum atomic E-state index is -1.53. The molecular formula is C29H32N11NaO7S2. The van der Waals surface area contributed by atoms with Gasteiger partial charge in [0.25, 0.3) is 11.5 Å². The van der Waals surface area contributed by atoms with Crippen LogP contribution in [0.4, 0.5) is 16.4 Å². The average molecular weight is 734 g/mol. The molecule has 0 spiro atoms. The number of H-pyrrole nitrogens is 1. The third-order valence-electron chi connectivity index (χ3n) is 8.25. The number of carbonyl (C=O) groups is 4. The topological polar surface area (TPSA) is 252 Å². The van der Waals surface area contributed by atoms with Crippen LogP contribution in [0.25, 0.3) is 0 Å². The number of aliphatic carboxylic acids is 1. The number of phenolic OH excluding ortho intramolecular Hbond substituents is 1. The van der Waals surface area contributed by atoms with Gasteiger partial charge in [-0.15, -0.1) is 16.9 Å². The van der Waals surface area contributed by atoms with Crippen LogP contribution in [0.2, 0.25) is 0 Å². The van der Waals surface area contributed by atoms with E-state index in [0.29, 0.717) is 10.7 Å². The standard InChI is InChI=1S/C29H33N11O7S2.Na/c1-39-29(36-37-38-39)49-13-15-12-48-25-20(24(44)40(25)21(15)26(45)46)33-23(43)19(14-7-9-17(41)10-8-14)34-28(47)32-18-11-30-27(35-22(18)42)31-16-5-3-2-4-6-16;/h7-11,16,19-20,25,41H,2-6,12-13H2,1H3,(H,33,43)(H,45,46)(H2,32,34,47)(H2,30,31,35,42);/q;+1/p-1/t19-,20?,25-;/m1./s1. The van der Waals surface area contributed by atoms with Crippen LogP contribution in [-0.2, 0) is 21.4 Å². The Morgan fingerprint density at radius 2 is 1.90 bits per heavy atom. The molecule has 18 nitrogen and oxygen atoms in total. The van der Waals surface area contributed by atoms with Crippen LogP contribution in [0.15, 0.2) is 51.7 Å². The first kappa shape index (κ1) is 37.2. The summed E-state index contributed by atoms with van der Waals surface area (Å²) >= 11 is 2.47. The molecule has 2 fully saturated rings. The van der Waals surface area contributed by atoms with Crippen LogP contribution in [0.3, 0.4) is 0 Å². The predicted molar refractivity (Wildman–Crippen MR) is 175 cm³/mol. The molecular weight excluding hydrogens is 702 g/mol. The van der Waals surface area contributed by atoms with E-state index >= 15 is 0 Å². The van der Waals surface area contributed by atoms with E-state index in [9.17, 15) is 34.2 Å². The van der Waals surface area contributed by atoms with Gasteiger partial charge in [0.05, 0.1) is 17.9 Å². The predicted octanol–water partition coefficient (Wildman–Crippen LogP) is -3.19. The number of urea groups is 1. The number of carboxylic acid groups (broad SMARTS) is 1. The first-order valence-electron chi connectivity index (χ1n) is 15.3. The number of rotatable bonds is 11. The van der Waals surface area contributed by atoms with Gasteiger partial charge in [0.2, 0.25) is 17.0 Å². The average Bonchev–Trinajstić information content (AvgIpc) is 3.50. The van der Waals surface area contributed by atoms with Gasteiger partial charge in [0, 0.05) is 24.6 Å². The number of benzene rings is 1. The van der Waals surface area contributed by atoms with Crippen LogP contribution in [0.5, 0.6) is 5.75 Å². The van der Waals surface area contributed by atoms with Gasteiger partial charge in [-0.2, -0.15) is 0 Å². The summed E-state index contributed by atoms with van der Waals surface area (Å²) in [5.74, 6) is -2.34. The molecule has 1 unspecified atom stereocenters. The van der Waals surface area contributed by atoms with Crippen LogP contribution in [0, 0.1) is 0 Å². The number of aromatic hydroxyl groups is 1. The first-order valence-corrected chi connectivity index (χ1v) is 17.4. The smallest absolute Gasteiger partial charge is 0.543 e. The zero-order valence-corrected chi connectivity index (χ0v) is 30.7. The Labute approximate surface area is 315 Å². The normalized spacial score (nSPS) is 19.4. The molecule has 1 aromatic carbocycles. The van der Waals surface area contributed by atoms with Gasteiger partial charge in [-0.05, 0) is 46.5 Å². The van der Waals surface area contributed by atoms with Gasteiger partial charge in [-0.25, -0.2) is 14.5 Å². The number of β-lactam (4-membered cyclic amide) rings is 1. The van der Waals surface area contributed by atoms with Crippen molar-refractivity contribution < 1.29 is 58.9 Å². The van der Waals surface area contributed by atoms with Gasteiger partial charge >= 0.3 is 35.6 Å². The van der Waals surface area contributed by atoms with Crippen LogP contribution in [-0.4, -0.2) is 93.0 Å². The maximum Gasteiger partial charge on any atom is 1.00 e. The third kappa shape index (κ3) is 8.26. The van der Waals surface area contributed by atoms with E-state index < -0.39 is 46.8 Å². The Hall–Kier alpha value is -4.11. The van der Waals surface area contributed by atoms with Gasteiger partial charge in [0.15, 0.2) is 0 Å². The summed E-state index contributed by atoms with van der Waals surface area (Å²) in [5.41, 5.74) is -0.335. The van der Waals surface area contributed by atoms with Gasteiger partial charge < -0.3 is 36.3 Å². The first-order chi connectivity index (χ1) is 23.6. The van der Waals surface area contributed by atoms with Crippen molar-refractivity contribution in [3.63, 3.8) is 0 Å². The number of hydrogen-bond acceptors (Lipinski definition) is 14. The Bertz CT molecular complexity index is 1850. The Morgan fingerprint density at radius 3 is 2.56 bits per heavy atom. The van der Waals surface area contributed by atoms with Crippen LogP contribution in [0.1, 0.15) is 43.7 Å². The number of aromatic amines is 1. The molecule has 3 atom stereocenters. The Kier molecular flexibility index (Phi) is 12.1. The molecule has 0 radical (unpaired) electrons. The molecule has 4 heterocycles. The van der Waals surface area contributed by atoms with Crippen LogP contribution < -0.4 is 61.5 Å². The van der Waals surface area contributed by atoms with E-state index in [1.165, 1.54) is 65.1 Å². The SMILES string of the molecule is Cn1nnnc1SCC1=C(C(=O)[O-])N2C(=O)C(NC(=O)[C@H](NC(=O)Nc3cnc(NC4CCCCC4)[nH]c3=O)c3ccc(O)cc3)[C@H]2SC1.[Na+]. The number of nitrogens with one attached hydrogen (secondary N) is 5. The number of fused-ring (bicyclic) bond motifs is 1. The number of carbonyl (C=O) groups excluding carboxylic acids is 4. The number of hydrogen-bond donors (Lipinski definition) is 6. The van der Waals surface area contributed by atoms with Crippen molar-refractivity contribution in [2.75, 3.05) is 22.1 Å². The van der Waals surface area contributed by atoms with Gasteiger partial charge in [0.1, 0.15) is 28.9 Å². The number of tetrazole rings is 1. The van der Waals surface area contributed by atoms with E-state index in [4.69, 9.17) is 0 Å². The van der Waals surface area contributed by atoms with E-state index in [2.05, 4.69) is 46.8 Å². The van der Waals surface area contributed by atoms with E-state index in [-0.39, 0.29) is 75.8 Å². The zero-order valence-electron chi connectivity index (χ0n) is 27.0. The molecule has 1 aliphatic carbocycles. The molecule has 6 rings (SSSR count). The summed E-state index contributed by atoms with van der Waals surface area (Å²) in [7, 11) is 1.64. The number of amides is 4. The van der Waals surface area contributed by atoms with E-state index in [1.54, 1.807) is 7.05 Å². The number of aryl methyl sites for hydroxylation is 1. The fraction of sp³-hybridized carbons (Fsp3) is 0.414. The number of nitrogens with zero attached hydrogens (tertiary/aromatic N) is 6. The molecule has 0 bridgehead atoms. The zero-order chi connectivity index (χ0) is 34.7. The molecule has 1 saturated heterocycles. The molecule has 6 N–H and O–H groups in total. The van der Waals surface area contributed by atoms with E-state index in [0.717, 1.165) is 30.6 Å². The molecule has 3 aliphatic rings. The third-order valence-corrected chi connectivity index (χ3v) is 10.7. The van der Waals surface area contributed by atoms with E-state index in [1.807, 2.05) is 0 Å². The number of thioether (sulfide) groups is 2. The number of anilines is 2. The van der Waals surface area contributed by atoms with Crippen molar-refractivity contribution in [1.82, 2.24) is 45.7 Å². The molecule has 50 heavy (non-hydrogen) atoms. The van der Waals surface area contributed by atoms with Crippen molar-refractivity contribution in [1.29, 1.82) is 0 Å².